The summed E-state index contributed by atoms with van der Waals surface area (Å²) in [6, 6.07) is 12.3. The van der Waals surface area contributed by atoms with Crippen molar-refractivity contribution in [2.24, 2.45) is 7.05 Å². The maximum absolute atomic E-state index is 13.7. The van der Waals surface area contributed by atoms with E-state index in [-0.39, 0.29) is 17.3 Å². The Morgan fingerprint density at radius 3 is 2.62 bits per heavy atom. The van der Waals surface area contributed by atoms with Crippen molar-refractivity contribution in [3.63, 3.8) is 0 Å². The SMILES string of the molecule is Cn1cc2c3c(c[nH]c(=O)c31)CN(c1ccc(F)cc1)c1ccc(NC(=O)CCN3CCCCC3)cc1-2. The summed E-state index contributed by atoms with van der Waals surface area (Å²) in [4.78, 5) is 32.9. The van der Waals surface area contributed by atoms with Gasteiger partial charge in [0.1, 0.15) is 11.3 Å². The number of rotatable bonds is 5. The van der Waals surface area contributed by atoms with Gasteiger partial charge in [-0.2, -0.15) is 0 Å². The molecule has 0 atom stereocenters. The van der Waals surface area contributed by atoms with Crippen LogP contribution < -0.4 is 15.8 Å². The minimum Gasteiger partial charge on any atom is -0.345 e. The van der Waals surface area contributed by atoms with Crippen LogP contribution in [0.5, 0.6) is 0 Å². The molecule has 2 N–H and O–H groups in total. The summed E-state index contributed by atoms with van der Waals surface area (Å²) in [7, 11) is 1.87. The van der Waals surface area contributed by atoms with Gasteiger partial charge < -0.3 is 24.7 Å². The maximum atomic E-state index is 13.7. The lowest BCUT2D eigenvalue weighted by Gasteiger charge is -2.27. The van der Waals surface area contributed by atoms with E-state index in [2.05, 4.69) is 20.1 Å². The highest BCUT2D eigenvalue weighted by Crippen LogP contribution is 2.44. The molecule has 0 unspecified atom stereocenters. The number of amides is 1. The average molecular weight is 500 g/mol. The quantitative estimate of drug-likeness (QED) is 0.399. The van der Waals surface area contributed by atoms with Gasteiger partial charge in [-0.3, -0.25) is 9.59 Å². The molecule has 4 aromatic rings. The molecule has 6 rings (SSSR count). The average Bonchev–Trinajstić information content (AvgIpc) is 3.20. The summed E-state index contributed by atoms with van der Waals surface area (Å²) in [5.41, 5.74) is 5.76. The first-order chi connectivity index (χ1) is 18.0. The predicted molar refractivity (Wildman–Crippen MR) is 145 cm³/mol. The number of fused-ring (bicyclic) bond motifs is 2. The highest BCUT2D eigenvalue weighted by Gasteiger charge is 2.26. The number of nitrogens with zero attached hydrogens (tertiary/aromatic N) is 3. The number of likely N-dealkylation sites (tertiary alicyclic amines) is 1. The topological polar surface area (TPSA) is 73.4 Å². The number of nitrogens with one attached hydrogen (secondary N) is 2. The molecule has 2 aromatic heterocycles. The molecule has 1 amide bonds. The van der Waals surface area contributed by atoms with Crippen molar-refractivity contribution in [1.82, 2.24) is 14.5 Å². The minimum absolute atomic E-state index is 0.00964. The highest BCUT2D eigenvalue weighted by molar-refractivity contribution is 6.04. The number of pyridine rings is 1. The number of H-pyrrole nitrogens is 1. The van der Waals surface area contributed by atoms with Crippen LogP contribution in [0.3, 0.4) is 0 Å². The number of benzene rings is 2. The lowest BCUT2D eigenvalue weighted by molar-refractivity contribution is -0.116. The molecular weight excluding hydrogens is 469 g/mol. The Morgan fingerprint density at radius 1 is 1.05 bits per heavy atom. The fourth-order valence-electron chi connectivity index (χ4n) is 5.69. The van der Waals surface area contributed by atoms with Gasteiger partial charge in [-0.1, -0.05) is 6.42 Å². The number of carbonyl (C=O) groups excluding carboxylic acids is 1. The number of hydrogen-bond acceptors (Lipinski definition) is 4. The molecule has 0 spiro atoms. The van der Waals surface area contributed by atoms with Crippen LogP contribution in [0.2, 0.25) is 0 Å². The van der Waals surface area contributed by atoms with Crippen molar-refractivity contribution in [3.05, 3.63) is 76.6 Å². The molecule has 0 aliphatic carbocycles. The first-order valence-electron chi connectivity index (χ1n) is 12.9. The van der Waals surface area contributed by atoms with E-state index < -0.39 is 0 Å². The number of halogens is 1. The van der Waals surface area contributed by atoms with Crippen molar-refractivity contribution in [2.45, 2.75) is 32.2 Å². The van der Waals surface area contributed by atoms with E-state index in [0.717, 1.165) is 53.1 Å². The third kappa shape index (κ3) is 4.42. The van der Waals surface area contributed by atoms with Crippen molar-refractivity contribution in [1.29, 1.82) is 0 Å². The molecule has 1 saturated heterocycles. The number of carbonyl (C=O) groups is 1. The largest absolute Gasteiger partial charge is 0.345 e. The van der Waals surface area contributed by atoms with Gasteiger partial charge in [-0.05, 0) is 74.0 Å². The van der Waals surface area contributed by atoms with E-state index in [1.54, 1.807) is 18.3 Å². The predicted octanol–water partition coefficient (Wildman–Crippen LogP) is 5.14. The second-order valence-electron chi connectivity index (χ2n) is 10.0. The minimum atomic E-state index is -0.295. The van der Waals surface area contributed by atoms with Crippen LogP contribution in [0.1, 0.15) is 31.2 Å². The second-order valence-corrected chi connectivity index (χ2v) is 10.0. The van der Waals surface area contributed by atoms with E-state index >= 15 is 0 Å². The fraction of sp³-hybridized carbons (Fsp3) is 0.310. The van der Waals surface area contributed by atoms with E-state index in [1.165, 1.54) is 31.4 Å². The smallest absolute Gasteiger partial charge is 0.272 e. The lowest BCUT2D eigenvalue weighted by atomic mass is 10.0. The highest BCUT2D eigenvalue weighted by atomic mass is 19.1. The Kier molecular flexibility index (Phi) is 6.04. The molecule has 7 nitrogen and oxygen atoms in total. The Labute approximate surface area is 214 Å². The summed E-state index contributed by atoms with van der Waals surface area (Å²) in [5, 5.41) is 3.97. The number of aromatic nitrogens is 2. The zero-order valence-electron chi connectivity index (χ0n) is 20.9. The maximum Gasteiger partial charge on any atom is 0.272 e. The van der Waals surface area contributed by atoms with Gasteiger partial charge in [0.25, 0.3) is 5.56 Å². The van der Waals surface area contributed by atoms with Crippen LogP contribution in [-0.4, -0.2) is 40.0 Å². The molecule has 2 aliphatic heterocycles. The zero-order valence-corrected chi connectivity index (χ0v) is 20.9. The first-order valence-corrected chi connectivity index (χ1v) is 12.9. The molecule has 8 heteroatoms. The monoisotopic (exact) mass is 499 g/mol. The summed E-state index contributed by atoms with van der Waals surface area (Å²) < 4.78 is 15.6. The molecule has 0 saturated carbocycles. The van der Waals surface area contributed by atoms with Crippen LogP contribution in [0.15, 0.2) is 59.7 Å². The molecule has 190 valence electrons. The standard InChI is InChI=1S/C29H30FN5O2/c1-33-18-24-23-15-21(32-26(36)11-14-34-12-3-2-4-13-34)7-10-25(23)35(22-8-5-20(30)6-9-22)17-19-16-31-29(37)28(33)27(19)24/h5-10,15-16,18H,2-4,11-14,17H2,1H3,(H,31,37)(H,32,36). The second kappa shape index (κ2) is 9.52. The van der Waals surface area contributed by atoms with E-state index in [4.69, 9.17) is 0 Å². The molecule has 0 bridgehead atoms. The summed E-state index contributed by atoms with van der Waals surface area (Å²) in [6.07, 6.45) is 7.86. The van der Waals surface area contributed by atoms with Gasteiger partial charge in [0.05, 0.1) is 6.54 Å². The van der Waals surface area contributed by atoms with Crippen LogP contribution in [0, 0.1) is 5.82 Å². The third-order valence-corrected chi connectivity index (χ3v) is 7.53. The normalized spacial score (nSPS) is 15.5. The zero-order chi connectivity index (χ0) is 25.5. The number of aromatic amines is 1. The summed E-state index contributed by atoms with van der Waals surface area (Å²) in [6.45, 7) is 3.40. The molecule has 2 aliphatic rings. The van der Waals surface area contributed by atoms with Crippen molar-refractivity contribution in [2.75, 3.05) is 29.9 Å². The number of anilines is 3. The summed E-state index contributed by atoms with van der Waals surface area (Å²) >= 11 is 0. The van der Waals surface area contributed by atoms with Gasteiger partial charge in [0, 0.05) is 66.0 Å². The lowest BCUT2D eigenvalue weighted by Crippen LogP contribution is -2.32. The van der Waals surface area contributed by atoms with Gasteiger partial charge in [0.15, 0.2) is 0 Å². The molecule has 37 heavy (non-hydrogen) atoms. The van der Waals surface area contributed by atoms with Crippen LogP contribution >= 0.6 is 0 Å². The first kappa shape index (κ1) is 23.5. The molecule has 2 aromatic carbocycles. The molecule has 0 radical (unpaired) electrons. The van der Waals surface area contributed by atoms with Gasteiger partial charge in [-0.15, -0.1) is 0 Å². The van der Waals surface area contributed by atoms with Gasteiger partial charge in [0.2, 0.25) is 5.91 Å². The Balaban J connectivity index is 1.39. The van der Waals surface area contributed by atoms with E-state index in [1.807, 2.05) is 36.0 Å². The Morgan fingerprint density at radius 2 is 1.84 bits per heavy atom. The molecule has 1 fully saturated rings. The third-order valence-electron chi connectivity index (χ3n) is 7.53. The van der Waals surface area contributed by atoms with E-state index in [9.17, 15) is 14.0 Å². The Hall–Kier alpha value is -3.91. The van der Waals surface area contributed by atoms with Gasteiger partial charge in [-0.25, -0.2) is 4.39 Å². The van der Waals surface area contributed by atoms with E-state index in [0.29, 0.717) is 24.2 Å². The fourth-order valence-corrected chi connectivity index (χ4v) is 5.69. The molecule has 4 heterocycles. The van der Waals surface area contributed by atoms with Crippen LogP contribution in [0.25, 0.3) is 22.0 Å². The van der Waals surface area contributed by atoms with Crippen molar-refractivity contribution in [3.8, 4) is 11.1 Å². The number of hydrogen-bond donors (Lipinski definition) is 2. The van der Waals surface area contributed by atoms with Crippen molar-refractivity contribution >= 4 is 33.9 Å². The van der Waals surface area contributed by atoms with Crippen LogP contribution in [0.4, 0.5) is 21.5 Å². The van der Waals surface area contributed by atoms with Crippen molar-refractivity contribution < 1.29 is 9.18 Å². The molecular formula is C29H30FN5O2. The Bertz CT molecular complexity index is 1530. The van der Waals surface area contributed by atoms with Crippen LogP contribution in [-0.2, 0) is 18.4 Å². The number of aryl methyl sites for hydroxylation is 1. The summed E-state index contributed by atoms with van der Waals surface area (Å²) in [5.74, 6) is -0.304. The number of piperidine rings is 1. The van der Waals surface area contributed by atoms with Gasteiger partial charge >= 0.3 is 0 Å².